The maximum absolute atomic E-state index is 12.7. The van der Waals surface area contributed by atoms with Crippen LogP contribution in [0.25, 0.3) is 0 Å². The lowest BCUT2D eigenvalue weighted by Gasteiger charge is -2.33. The molecule has 2 aliphatic carbocycles. The van der Waals surface area contributed by atoms with Gasteiger partial charge in [-0.15, -0.1) is 0 Å². The normalized spacial score (nSPS) is 24.4. The molecule has 1 fully saturated rings. The molecule has 0 bridgehead atoms. The van der Waals surface area contributed by atoms with Gasteiger partial charge in [-0.05, 0) is 73.7 Å². The Morgan fingerprint density at radius 2 is 1.86 bits per heavy atom. The molecule has 0 saturated heterocycles. The highest BCUT2D eigenvalue weighted by atomic mass is 35.5. The predicted molar refractivity (Wildman–Crippen MR) is 118 cm³/mol. The molecule has 1 atom stereocenters. The van der Waals surface area contributed by atoms with Gasteiger partial charge in [0.2, 0.25) is 0 Å². The Morgan fingerprint density at radius 3 is 2.57 bits per heavy atom. The molecule has 0 spiro atoms. The minimum absolute atomic E-state index is 0.0962. The van der Waals surface area contributed by atoms with E-state index in [-0.39, 0.29) is 5.56 Å². The summed E-state index contributed by atoms with van der Waals surface area (Å²) in [5, 5.41) is 0.691. The number of hydrogen-bond donors (Lipinski definition) is 2. The van der Waals surface area contributed by atoms with Crippen molar-refractivity contribution in [1.82, 2.24) is 9.97 Å². The Morgan fingerprint density at radius 1 is 1.07 bits per heavy atom. The van der Waals surface area contributed by atoms with Crippen molar-refractivity contribution in [3.8, 4) is 0 Å². The molecule has 1 heterocycles. The first-order valence-electron chi connectivity index (χ1n) is 10.0. The molecule has 5 heteroatoms. The Bertz CT molecular complexity index is 1010. The molecule has 2 aliphatic rings. The highest BCUT2D eigenvalue weighted by molar-refractivity contribution is 7.71. The number of hydrogen-bond acceptors (Lipinski definition) is 2. The minimum Gasteiger partial charge on any atom is -0.335 e. The van der Waals surface area contributed by atoms with Gasteiger partial charge in [0.25, 0.3) is 5.56 Å². The van der Waals surface area contributed by atoms with Gasteiger partial charge < -0.3 is 4.98 Å². The lowest BCUT2D eigenvalue weighted by Crippen LogP contribution is -2.25. The van der Waals surface area contributed by atoms with Crippen molar-refractivity contribution >= 4 is 23.8 Å². The van der Waals surface area contributed by atoms with Crippen LogP contribution in [0.2, 0.25) is 5.02 Å². The standard InChI is InChI=1S/C23H25ClN2OS/c24-20-9-5-4-8-18(20)14-19-21(25-23(28)26-22(19)27)17-12-10-16(11-13-17)15-6-2-1-3-7-15/h1-6,8-9,15-17H,7,10-14H2,(H2,25,26,27,28)/t15?,16-,17-. The van der Waals surface area contributed by atoms with Gasteiger partial charge in [-0.3, -0.25) is 9.78 Å². The fourth-order valence-electron chi connectivity index (χ4n) is 4.67. The fraction of sp³-hybridized carbons (Fsp3) is 0.391. The maximum Gasteiger partial charge on any atom is 0.255 e. The highest BCUT2D eigenvalue weighted by Gasteiger charge is 2.29. The molecule has 1 aromatic heterocycles. The van der Waals surface area contributed by atoms with E-state index in [0.717, 1.165) is 42.0 Å². The Balaban J connectivity index is 1.57. The zero-order valence-corrected chi connectivity index (χ0v) is 17.4. The lowest BCUT2D eigenvalue weighted by molar-refractivity contribution is 0.262. The van der Waals surface area contributed by atoms with Crippen LogP contribution >= 0.6 is 23.8 Å². The monoisotopic (exact) mass is 412 g/mol. The SMILES string of the molecule is O=c1[nH]c(=S)[nH]c([C@H]2CC[C@H](C3C=CC=CC3)CC2)c1Cc1ccccc1Cl. The number of aromatic amines is 2. The average Bonchev–Trinajstić information content (AvgIpc) is 2.72. The number of halogens is 1. The summed E-state index contributed by atoms with van der Waals surface area (Å²) in [6.07, 6.45) is 15.2. The number of benzene rings is 1. The maximum atomic E-state index is 12.7. The molecule has 2 aromatic rings. The van der Waals surface area contributed by atoms with E-state index in [1.54, 1.807) is 0 Å². The summed E-state index contributed by atoms with van der Waals surface area (Å²) in [4.78, 5) is 18.8. The van der Waals surface area contributed by atoms with Gasteiger partial charge in [-0.2, -0.15) is 0 Å². The van der Waals surface area contributed by atoms with Crippen LogP contribution in [0.3, 0.4) is 0 Å². The van der Waals surface area contributed by atoms with Crippen molar-refractivity contribution in [2.45, 2.75) is 44.4 Å². The van der Waals surface area contributed by atoms with Gasteiger partial charge in [0.05, 0.1) is 0 Å². The van der Waals surface area contributed by atoms with E-state index < -0.39 is 0 Å². The number of rotatable bonds is 4. The van der Waals surface area contributed by atoms with E-state index in [1.807, 2.05) is 24.3 Å². The summed E-state index contributed by atoms with van der Waals surface area (Å²) in [5.74, 6) is 1.74. The van der Waals surface area contributed by atoms with E-state index >= 15 is 0 Å². The third kappa shape index (κ3) is 4.23. The number of aromatic nitrogens is 2. The number of nitrogens with one attached hydrogen (secondary N) is 2. The minimum atomic E-state index is -0.0962. The van der Waals surface area contributed by atoms with Crippen molar-refractivity contribution in [2.24, 2.45) is 11.8 Å². The van der Waals surface area contributed by atoms with Gasteiger partial charge in [0.1, 0.15) is 0 Å². The molecule has 28 heavy (non-hydrogen) atoms. The molecule has 2 N–H and O–H groups in total. The van der Waals surface area contributed by atoms with Gasteiger partial charge >= 0.3 is 0 Å². The molecule has 4 rings (SSSR count). The second-order valence-electron chi connectivity index (χ2n) is 7.89. The lowest BCUT2D eigenvalue weighted by atomic mass is 9.72. The van der Waals surface area contributed by atoms with Gasteiger partial charge in [-0.25, -0.2) is 0 Å². The summed E-state index contributed by atoms with van der Waals surface area (Å²) in [6.45, 7) is 0. The molecule has 3 nitrogen and oxygen atoms in total. The molecule has 1 saturated carbocycles. The summed E-state index contributed by atoms with van der Waals surface area (Å²) >= 11 is 11.6. The van der Waals surface area contributed by atoms with Crippen LogP contribution in [0.4, 0.5) is 0 Å². The van der Waals surface area contributed by atoms with Gasteiger partial charge in [-0.1, -0.05) is 54.1 Å². The van der Waals surface area contributed by atoms with Crippen molar-refractivity contribution in [2.75, 3.05) is 0 Å². The molecular formula is C23H25ClN2OS. The smallest absolute Gasteiger partial charge is 0.255 e. The van der Waals surface area contributed by atoms with E-state index in [4.69, 9.17) is 23.8 Å². The second kappa shape index (κ2) is 8.62. The summed E-state index contributed by atoms with van der Waals surface area (Å²) < 4.78 is 0.408. The Hall–Kier alpha value is -1.91. The first-order valence-corrected chi connectivity index (χ1v) is 10.8. The summed E-state index contributed by atoms with van der Waals surface area (Å²) in [6, 6.07) is 7.71. The van der Waals surface area contributed by atoms with Crippen LogP contribution in [-0.4, -0.2) is 9.97 Å². The summed E-state index contributed by atoms with van der Waals surface area (Å²) in [7, 11) is 0. The van der Waals surface area contributed by atoms with E-state index in [1.165, 1.54) is 12.8 Å². The fourth-order valence-corrected chi connectivity index (χ4v) is 5.08. The molecule has 0 aliphatic heterocycles. The topological polar surface area (TPSA) is 48.6 Å². The molecule has 0 radical (unpaired) electrons. The van der Waals surface area contributed by atoms with Crippen molar-refractivity contribution in [3.05, 3.63) is 85.5 Å². The van der Waals surface area contributed by atoms with E-state index in [2.05, 4.69) is 34.3 Å². The van der Waals surface area contributed by atoms with E-state index in [0.29, 0.717) is 28.1 Å². The third-order valence-corrected chi connectivity index (χ3v) is 6.77. The highest BCUT2D eigenvalue weighted by Crippen LogP contribution is 2.41. The van der Waals surface area contributed by atoms with Gasteiger partial charge in [0, 0.05) is 22.7 Å². The van der Waals surface area contributed by atoms with Crippen molar-refractivity contribution in [1.29, 1.82) is 0 Å². The van der Waals surface area contributed by atoms with Crippen LogP contribution in [0.1, 0.15) is 54.8 Å². The van der Waals surface area contributed by atoms with Gasteiger partial charge in [0.15, 0.2) is 4.77 Å². The number of allylic oxidation sites excluding steroid dienone is 4. The zero-order chi connectivity index (χ0) is 19.5. The molecule has 1 aromatic carbocycles. The van der Waals surface area contributed by atoms with E-state index in [9.17, 15) is 4.79 Å². The quantitative estimate of drug-likeness (QED) is 0.597. The van der Waals surface area contributed by atoms with Crippen molar-refractivity contribution in [3.63, 3.8) is 0 Å². The molecule has 146 valence electrons. The Labute approximate surface area is 175 Å². The van der Waals surface area contributed by atoms with Crippen LogP contribution in [0.5, 0.6) is 0 Å². The van der Waals surface area contributed by atoms with Crippen LogP contribution in [0.15, 0.2) is 53.4 Å². The zero-order valence-electron chi connectivity index (χ0n) is 15.8. The molecule has 0 amide bonds. The van der Waals surface area contributed by atoms with Crippen LogP contribution in [-0.2, 0) is 6.42 Å². The van der Waals surface area contributed by atoms with Crippen LogP contribution < -0.4 is 5.56 Å². The molecule has 1 unspecified atom stereocenters. The largest absolute Gasteiger partial charge is 0.335 e. The third-order valence-electron chi connectivity index (χ3n) is 6.20. The van der Waals surface area contributed by atoms with Crippen molar-refractivity contribution < 1.29 is 0 Å². The first kappa shape index (κ1) is 19.4. The van der Waals surface area contributed by atoms with Crippen LogP contribution in [0, 0.1) is 16.6 Å². The average molecular weight is 413 g/mol. The molecular weight excluding hydrogens is 388 g/mol. The summed E-state index contributed by atoms with van der Waals surface area (Å²) in [5.41, 5.74) is 2.65. The predicted octanol–water partition coefficient (Wildman–Crippen LogP) is 6.08. The first-order chi connectivity index (χ1) is 13.6. The number of H-pyrrole nitrogens is 2. The Kier molecular flexibility index (Phi) is 5.98. The second-order valence-corrected chi connectivity index (χ2v) is 8.71.